The van der Waals surface area contributed by atoms with Gasteiger partial charge in [0.05, 0.1) is 8.07 Å². The standard InChI is InChI=1S/C16H30Si/c1-13-9-8-12-16(3,4)15(13)11-10-14(2)17(5,6)7/h10-11,14H,8-9,12H2,1-7H3/b11-10+. The third-order valence-electron chi connectivity index (χ3n) is 4.46. The third kappa shape index (κ3) is 3.84. The predicted molar refractivity (Wildman–Crippen MR) is 82.2 cm³/mol. The van der Waals surface area contributed by atoms with E-state index >= 15 is 0 Å². The molecule has 0 aromatic carbocycles. The van der Waals surface area contributed by atoms with Crippen LogP contribution < -0.4 is 0 Å². The highest BCUT2D eigenvalue weighted by atomic mass is 28.3. The molecule has 0 N–H and O–H groups in total. The van der Waals surface area contributed by atoms with Crippen molar-refractivity contribution in [2.45, 2.75) is 72.1 Å². The van der Waals surface area contributed by atoms with Gasteiger partial charge < -0.3 is 0 Å². The Labute approximate surface area is 109 Å². The zero-order valence-electron chi connectivity index (χ0n) is 12.9. The van der Waals surface area contributed by atoms with Gasteiger partial charge in [0.25, 0.3) is 0 Å². The van der Waals surface area contributed by atoms with Crippen LogP contribution in [0, 0.1) is 5.41 Å². The van der Waals surface area contributed by atoms with Gasteiger partial charge in [0.15, 0.2) is 0 Å². The average molecular weight is 251 g/mol. The van der Waals surface area contributed by atoms with Crippen LogP contribution in [0.25, 0.3) is 0 Å². The van der Waals surface area contributed by atoms with Gasteiger partial charge in [-0.2, -0.15) is 0 Å². The first-order valence-electron chi connectivity index (χ1n) is 7.03. The number of hydrogen-bond acceptors (Lipinski definition) is 0. The molecular weight excluding hydrogens is 220 g/mol. The number of rotatable bonds is 3. The van der Waals surface area contributed by atoms with Crippen LogP contribution in [0.1, 0.15) is 47.0 Å². The fourth-order valence-corrected chi connectivity index (χ4v) is 3.21. The molecule has 0 saturated heterocycles. The van der Waals surface area contributed by atoms with Gasteiger partial charge in [0, 0.05) is 0 Å². The molecule has 0 bridgehead atoms. The molecule has 0 nitrogen and oxygen atoms in total. The van der Waals surface area contributed by atoms with Crippen molar-refractivity contribution in [3.63, 3.8) is 0 Å². The molecule has 1 rings (SSSR count). The lowest BCUT2D eigenvalue weighted by molar-refractivity contribution is 0.376. The lowest BCUT2D eigenvalue weighted by atomic mass is 9.72. The summed E-state index contributed by atoms with van der Waals surface area (Å²) in [6.07, 6.45) is 8.91. The van der Waals surface area contributed by atoms with Gasteiger partial charge in [-0.25, -0.2) is 0 Å². The van der Waals surface area contributed by atoms with Gasteiger partial charge in [-0.3, -0.25) is 0 Å². The van der Waals surface area contributed by atoms with Gasteiger partial charge in [0.2, 0.25) is 0 Å². The predicted octanol–water partition coefficient (Wildman–Crippen LogP) is 5.80. The van der Waals surface area contributed by atoms with Gasteiger partial charge in [-0.1, -0.05) is 58.1 Å². The Balaban J connectivity index is 2.89. The van der Waals surface area contributed by atoms with Crippen molar-refractivity contribution < 1.29 is 0 Å². The Morgan fingerprint density at radius 3 is 2.29 bits per heavy atom. The first-order chi connectivity index (χ1) is 7.64. The van der Waals surface area contributed by atoms with Crippen LogP contribution in [-0.2, 0) is 0 Å². The maximum absolute atomic E-state index is 2.47. The molecule has 0 aromatic heterocycles. The minimum absolute atomic E-state index is 0.387. The Bertz CT molecular complexity index is 326. The molecule has 1 aliphatic rings. The molecule has 17 heavy (non-hydrogen) atoms. The second-order valence-electron chi connectivity index (χ2n) is 7.45. The molecule has 0 aromatic rings. The van der Waals surface area contributed by atoms with Crippen LogP contribution in [0.15, 0.2) is 23.3 Å². The van der Waals surface area contributed by atoms with E-state index in [0.717, 1.165) is 5.54 Å². The lowest BCUT2D eigenvalue weighted by Gasteiger charge is -2.33. The summed E-state index contributed by atoms with van der Waals surface area (Å²) in [6.45, 7) is 16.9. The Morgan fingerprint density at radius 1 is 1.24 bits per heavy atom. The normalized spacial score (nSPS) is 23.2. The molecule has 0 saturated carbocycles. The van der Waals surface area contributed by atoms with Gasteiger partial charge in [-0.05, 0) is 42.7 Å². The van der Waals surface area contributed by atoms with Crippen molar-refractivity contribution in [3.05, 3.63) is 23.3 Å². The number of allylic oxidation sites excluding steroid dienone is 4. The maximum atomic E-state index is 2.47. The summed E-state index contributed by atoms with van der Waals surface area (Å²) in [5.74, 6) is 0. The van der Waals surface area contributed by atoms with Crippen LogP contribution in [0.5, 0.6) is 0 Å². The van der Waals surface area contributed by atoms with Crippen LogP contribution in [0.4, 0.5) is 0 Å². The van der Waals surface area contributed by atoms with E-state index in [0.29, 0.717) is 5.41 Å². The molecule has 1 unspecified atom stereocenters. The van der Waals surface area contributed by atoms with E-state index in [-0.39, 0.29) is 0 Å². The monoisotopic (exact) mass is 250 g/mol. The molecule has 0 spiro atoms. The van der Waals surface area contributed by atoms with Crippen molar-refractivity contribution in [2.24, 2.45) is 5.41 Å². The van der Waals surface area contributed by atoms with Crippen molar-refractivity contribution >= 4 is 8.07 Å². The van der Waals surface area contributed by atoms with Gasteiger partial charge >= 0.3 is 0 Å². The average Bonchev–Trinajstić information content (AvgIpc) is 2.14. The summed E-state index contributed by atoms with van der Waals surface area (Å²) in [7, 11) is -1.02. The summed E-state index contributed by atoms with van der Waals surface area (Å²) in [4.78, 5) is 0. The molecule has 1 aliphatic carbocycles. The van der Waals surface area contributed by atoms with Crippen LogP contribution >= 0.6 is 0 Å². The Kier molecular flexibility index (Phi) is 4.46. The summed E-state index contributed by atoms with van der Waals surface area (Å²) < 4.78 is 0. The van der Waals surface area contributed by atoms with E-state index in [1.807, 2.05) is 0 Å². The summed E-state index contributed by atoms with van der Waals surface area (Å²) in [5.41, 5.74) is 4.37. The quantitative estimate of drug-likeness (QED) is 0.555. The highest BCUT2D eigenvalue weighted by molar-refractivity contribution is 6.77. The summed E-state index contributed by atoms with van der Waals surface area (Å²) in [5, 5.41) is 0. The van der Waals surface area contributed by atoms with E-state index < -0.39 is 8.07 Å². The molecular formula is C16H30Si. The second-order valence-corrected chi connectivity index (χ2v) is 13.1. The highest BCUT2D eigenvalue weighted by Gasteiger charge is 2.27. The molecule has 0 aliphatic heterocycles. The first kappa shape index (κ1) is 14.8. The fourth-order valence-electron chi connectivity index (χ4n) is 2.54. The molecule has 0 heterocycles. The van der Waals surface area contributed by atoms with Crippen LogP contribution in [0.3, 0.4) is 0 Å². The third-order valence-corrected chi connectivity index (χ3v) is 7.38. The molecule has 0 radical (unpaired) electrons. The topological polar surface area (TPSA) is 0 Å². The smallest absolute Gasteiger partial charge is 0.0510 e. The van der Waals surface area contributed by atoms with Crippen LogP contribution in [0.2, 0.25) is 25.2 Å². The van der Waals surface area contributed by atoms with Crippen molar-refractivity contribution in [1.82, 2.24) is 0 Å². The molecule has 98 valence electrons. The minimum atomic E-state index is -1.02. The minimum Gasteiger partial charge on any atom is -0.0841 e. The fraction of sp³-hybridized carbons (Fsp3) is 0.750. The summed E-state index contributed by atoms with van der Waals surface area (Å²) >= 11 is 0. The Morgan fingerprint density at radius 2 is 1.82 bits per heavy atom. The van der Waals surface area contributed by atoms with E-state index in [2.05, 4.69) is 59.5 Å². The van der Waals surface area contributed by atoms with Gasteiger partial charge in [0.1, 0.15) is 0 Å². The zero-order valence-corrected chi connectivity index (χ0v) is 13.9. The van der Waals surface area contributed by atoms with E-state index in [9.17, 15) is 0 Å². The second kappa shape index (κ2) is 5.13. The molecule has 1 atom stereocenters. The zero-order chi connectivity index (χ0) is 13.3. The lowest BCUT2D eigenvalue weighted by Crippen LogP contribution is -2.25. The molecule has 0 amide bonds. The largest absolute Gasteiger partial charge is 0.0841 e. The maximum Gasteiger partial charge on any atom is 0.0510 e. The molecule has 0 fully saturated rings. The highest BCUT2D eigenvalue weighted by Crippen LogP contribution is 2.41. The van der Waals surface area contributed by atoms with E-state index in [4.69, 9.17) is 0 Å². The SMILES string of the molecule is CC1=C(/C=C/C(C)[Si](C)(C)C)C(C)(C)CCC1. The van der Waals surface area contributed by atoms with E-state index in [1.54, 1.807) is 11.1 Å². The first-order valence-corrected chi connectivity index (χ1v) is 10.6. The summed E-state index contributed by atoms with van der Waals surface area (Å²) in [6, 6.07) is 0. The van der Waals surface area contributed by atoms with Gasteiger partial charge in [-0.15, -0.1) is 0 Å². The Hall–Kier alpha value is -0.303. The molecule has 1 heteroatoms. The van der Waals surface area contributed by atoms with Crippen LogP contribution in [-0.4, -0.2) is 8.07 Å². The van der Waals surface area contributed by atoms with Crippen molar-refractivity contribution in [2.75, 3.05) is 0 Å². The van der Waals surface area contributed by atoms with Crippen molar-refractivity contribution in [3.8, 4) is 0 Å². The number of hydrogen-bond donors (Lipinski definition) is 0. The van der Waals surface area contributed by atoms with E-state index in [1.165, 1.54) is 19.3 Å². The van der Waals surface area contributed by atoms with Crippen molar-refractivity contribution in [1.29, 1.82) is 0 Å².